The molecule has 3 nitrogen and oxygen atoms in total. The minimum atomic E-state index is -3.33. The van der Waals surface area contributed by atoms with Crippen LogP contribution in [0.5, 0.6) is 0 Å². The molecule has 1 heterocycles. The number of piperidine rings is 1. The second kappa shape index (κ2) is 6.25. The number of hydrogen-bond donors (Lipinski definition) is 0. The molecule has 1 aromatic rings. The molecular formula is C14H20ClNO2S. The number of alkyl halides is 1. The van der Waals surface area contributed by atoms with Crippen molar-refractivity contribution in [3.63, 3.8) is 0 Å². The van der Waals surface area contributed by atoms with Gasteiger partial charge in [-0.15, -0.1) is 11.6 Å². The lowest BCUT2D eigenvalue weighted by Gasteiger charge is -2.30. The van der Waals surface area contributed by atoms with Gasteiger partial charge < -0.3 is 0 Å². The molecule has 1 aliphatic rings. The van der Waals surface area contributed by atoms with Gasteiger partial charge in [0, 0.05) is 19.0 Å². The first-order valence-corrected chi connectivity index (χ1v) is 8.70. The molecule has 19 heavy (non-hydrogen) atoms. The number of nitrogens with zero attached hydrogens (tertiary/aromatic N) is 1. The molecular weight excluding hydrogens is 282 g/mol. The average Bonchev–Trinajstić information content (AvgIpc) is 2.47. The monoisotopic (exact) mass is 301 g/mol. The first kappa shape index (κ1) is 14.8. The number of benzene rings is 1. The van der Waals surface area contributed by atoms with E-state index in [2.05, 4.69) is 6.92 Å². The Morgan fingerprint density at radius 1 is 1.21 bits per heavy atom. The summed E-state index contributed by atoms with van der Waals surface area (Å²) in [6.07, 6.45) is 2.63. The molecule has 1 saturated heterocycles. The Labute approximate surface area is 120 Å². The number of rotatable bonds is 4. The lowest BCUT2D eigenvalue weighted by atomic mass is 10.0. The fraction of sp³-hybridized carbons (Fsp3) is 0.571. The third-order valence-electron chi connectivity index (χ3n) is 3.76. The predicted octanol–water partition coefficient (Wildman–Crippen LogP) is 2.89. The van der Waals surface area contributed by atoms with Gasteiger partial charge in [0.05, 0.1) is 4.90 Å². The van der Waals surface area contributed by atoms with Gasteiger partial charge in [-0.3, -0.25) is 0 Å². The van der Waals surface area contributed by atoms with Gasteiger partial charge >= 0.3 is 0 Å². The van der Waals surface area contributed by atoms with Crippen LogP contribution in [0.15, 0.2) is 29.2 Å². The largest absolute Gasteiger partial charge is 0.243 e. The zero-order chi connectivity index (χ0) is 13.9. The number of sulfonamides is 1. The Morgan fingerprint density at radius 2 is 1.79 bits per heavy atom. The van der Waals surface area contributed by atoms with E-state index in [0.29, 0.717) is 29.8 Å². The fourth-order valence-electron chi connectivity index (χ4n) is 2.35. The van der Waals surface area contributed by atoms with Crippen LogP contribution in [0.25, 0.3) is 0 Å². The molecule has 0 amide bonds. The topological polar surface area (TPSA) is 37.4 Å². The van der Waals surface area contributed by atoms with Gasteiger partial charge in [0.1, 0.15) is 0 Å². The van der Waals surface area contributed by atoms with Crippen LogP contribution in [0.1, 0.15) is 25.3 Å². The summed E-state index contributed by atoms with van der Waals surface area (Å²) in [5.74, 6) is 1.08. The van der Waals surface area contributed by atoms with Crippen molar-refractivity contribution >= 4 is 21.6 Å². The van der Waals surface area contributed by atoms with E-state index < -0.39 is 10.0 Å². The van der Waals surface area contributed by atoms with Crippen LogP contribution >= 0.6 is 11.6 Å². The molecule has 1 aliphatic heterocycles. The molecule has 0 spiro atoms. The molecule has 0 aliphatic carbocycles. The summed E-state index contributed by atoms with van der Waals surface area (Å²) in [6.45, 7) is 3.21. The molecule has 0 unspecified atom stereocenters. The van der Waals surface area contributed by atoms with Crippen molar-refractivity contribution < 1.29 is 8.42 Å². The van der Waals surface area contributed by atoms with Gasteiger partial charge in [-0.1, -0.05) is 19.1 Å². The highest BCUT2D eigenvalue weighted by Gasteiger charge is 2.28. The second-order valence-corrected chi connectivity index (χ2v) is 7.25. The van der Waals surface area contributed by atoms with Gasteiger partial charge in [0.2, 0.25) is 10.0 Å². The molecule has 1 aromatic carbocycles. The van der Waals surface area contributed by atoms with E-state index in [4.69, 9.17) is 11.6 Å². The summed E-state index contributed by atoms with van der Waals surface area (Å²) in [5.41, 5.74) is 1.15. The molecule has 0 saturated carbocycles. The van der Waals surface area contributed by atoms with E-state index in [1.165, 1.54) is 0 Å². The Hall–Kier alpha value is -0.580. The summed E-state index contributed by atoms with van der Waals surface area (Å²) in [6, 6.07) is 7.19. The SMILES string of the molecule is CCc1ccc(S(=O)(=O)N2CCC(CCl)CC2)cc1. The Bertz CT molecular complexity index is 505. The van der Waals surface area contributed by atoms with Crippen LogP contribution in [0.2, 0.25) is 0 Å². The van der Waals surface area contributed by atoms with Gasteiger partial charge in [-0.2, -0.15) is 4.31 Å². The minimum Gasteiger partial charge on any atom is -0.207 e. The van der Waals surface area contributed by atoms with Crippen molar-refractivity contribution in [2.75, 3.05) is 19.0 Å². The molecule has 2 rings (SSSR count). The van der Waals surface area contributed by atoms with Crippen molar-refractivity contribution in [1.82, 2.24) is 4.31 Å². The zero-order valence-electron chi connectivity index (χ0n) is 11.2. The molecule has 1 fully saturated rings. The molecule has 0 aromatic heterocycles. The molecule has 0 radical (unpaired) electrons. The van der Waals surface area contributed by atoms with Crippen molar-refractivity contribution in [2.45, 2.75) is 31.1 Å². The third-order valence-corrected chi connectivity index (χ3v) is 6.11. The van der Waals surface area contributed by atoms with Gasteiger partial charge in [-0.05, 0) is 42.9 Å². The summed E-state index contributed by atoms with van der Waals surface area (Å²) in [4.78, 5) is 0.397. The summed E-state index contributed by atoms with van der Waals surface area (Å²) in [7, 11) is -3.33. The quantitative estimate of drug-likeness (QED) is 0.802. The normalized spacial score (nSPS) is 18.6. The van der Waals surface area contributed by atoms with Gasteiger partial charge in [-0.25, -0.2) is 8.42 Å². The predicted molar refractivity (Wildman–Crippen MR) is 78.0 cm³/mol. The Kier molecular flexibility index (Phi) is 4.87. The Balaban J connectivity index is 2.13. The van der Waals surface area contributed by atoms with Gasteiger partial charge in [0.25, 0.3) is 0 Å². The highest BCUT2D eigenvalue weighted by Crippen LogP contribution is 2.24. The molecule has 0 bridgehead atoms. The van der Waals surface area contributed by atoms with Crippen molar-refractivity contribution in [3.05, 3.63) is 29.8 Å². The first-order chi connectivity index (χ1) is 9.07. The van der Waals surface area contributed by atoms with E-state index in [1.54, 1.807) is 16.4 Å². The van der Waals surface area contributed by atoms with E-state index in [0.717, 1.165) is 24.8 Å². The standard InChI is InChI=1S/C14H20ClNO2S/c1-2-12-3-5-14(6-4-12)19(17,18)16-9-7-13(11-15)8-10-16/h3-6,13H,2,7-11H2,1H3. The smallest absolute Gasteiger partial charge is 0.207 e. The van der Waals surface area contributed by atoms with E-state index in [1.807, 2.05) is 12.1 Å². The zero-order valence-corrected chi connectivity index (χ0v) is 12.8. The average molecular weight is 302 g/mol. The highest BCUT2D eigenvalue weighted by atomic mass is 35.5. The maximum atomic E-state index is 12.5. The van der Waals surface area contributed by atoms with Crippen molar-refractivity contribution in [2.24, 2.45) is 5.92 Å². The summed E-state index contributed by atoms with van der Waals surface area (Å²) < 4.78 is 26.5. The summed E-state index contributed by atoms with van der Waals surface area (Å²) in [5, 5.41) is 0. The molecule has 5 heteroatoms. The number of hydrogen-bond acceptors (Lipinski definition) is 2. The molecule has 106 valence electrons. The lowest BCUT2D eigenvalue weighted by Crippen LogP contribution is -2.38. The van der Waals surface area contributed by atoms with Crippen LogP contribution in [0, 0.1) is 5.92 Å². The lowest BCUT2D eigenvalue weighted by molar-refractivity contribution is 0.290. The van der Waals surface area contributed by atoms with Crippen LogP contribution in [0.3, 0.4) is 0 Å². The highest BCUT2D eigenvalue weighted by molar-refractivity contribution is 7.89. The summed E-state index contributed by atoms with van der Waals surface area (Å²) >= 11 is 5.82. The van der Waals surface area contributed by atoms with Crippen LogP contribution < -0.4 is 0 Å². The van der Waals surface area contributed by atoms with E-state index in [-0.39, 0.29) is 0 Å². The van der Waals surface area contributed by atoms with Crippen molar-refractivity contribution in [1.29, 1.82) is 0 Å². The second-order valence-electron chi connectivity index (χ2n) is 5.00. The first-order valence-electron chi connectivity index (χ1n) is 6.73. The third kappa shape index (κ3) is 3.30. The van der Waals surface area contributed by atoms with Crippen LogP contribution in [-0.4, -0.2) is 31.7 Å². The van der Waals surface area contributed by atoms with E-state index in [9.17, 15) is 8.42 Å². The maximum absolute atomic E-state index is 12.5. The number of halogens is 1. The maximum Gasteiger partial charge on any atom is 0.243 e. The minimum absolute atomic E-state index is 0.397. The van der Waals surface area contributed by atoms with Crippen molar-refractivity contribution in [3.8, 4) is 0 Å². The van der Waals surface area contributed by atoms with E-state index >= 15 is 0 Å². The number of aryl methyl sites for hydroxylation is 1. The van der Waals surface area contributed by atoms with Crippen LogP contribution in [-0.2, 0) is 16.4 Å². The fourth-order valence-corrected chi connectivity index (χ4v) is 4.13. The molecule has 0 N–H and O–H groups in total. The van der Waals surface area contributed by atoms with Gasteiger partial charge in [0.15, 0.2) is 0 Å². The molecule has 0 atom stereocenters. The van der Waals surface area contributed by atoms with Crippen LogP contribution in [0.4, 0.5) is 0 Å². The Morgan fingerprint density at radius 3 is 2.26 bits per heavy atom.